The molecule has 0 radical (unpaired) electrons. The van der Waals surface area contributed by atoms with Crippen LogP contribution in [0.5, 0.6) is 0 Å². The number of aliphatic hydroxyl groups excluding tert-OH is 1. The number of nitrogens with one attached hydrogen (secondary N) is 4. The fourth-order valence-corrected chi connectivity index (χ4v) is 8.22. The number of aliphatic hydroxyl groups is 1. The van der Waals surface area contributed by atoms with Gasteiger partial charge in [0.1, 0.15) is 42.1 Å². The number of imide groups is 1. The van der Waals surface area contributed by atoms with Crippen molar-refractivity contribution in [2.45, 2.75) is 130 Å². The van der Waals surface area contributed by atoms with Crippen molar-refractivity contribution in [1.29, 1.82) is 0 Å². The summed E-state index contributed by atoms with van der Waals surface area (Å²) in [6.45, 7) is 9.77. The van der Waals surface area contributed by atoms with Crippen LogP contribution in [0.3, 0.4) is 0 Å². The van der Waals surface area contributed by atoms with E-state index >= 15 is 4.39 Å². The molecule has 1 aliphatic rings. The average molecular weight is 1010 g/mol. The van der Waals surface area contributed by atoms with Crippen molar-refractivity contribution in [2.24, 2.45) is 17.1 Å². The fraction of sp³-hybridized carbons (Fsp3) is 0.510. The molecule has 0 saturated carbocycles. The van der Waals surface area contributed by atoms with Gasteiger partial charge in [-0.05, 0) is 74.5 Å². The molecule has 2 heterocycles. The molecule has 5 unspecified atom stereocenters. The number of unbranched alkanes of at least 4 members (excludes halogenated alkanes) is 3. The van der Waals surface area contributed by atoms with Crippen LogP contribution in [-0.2, 0) is 44.8 Å². The van der Waals surface area contributed by atoms with Gasteiger partial charge in [0.05, 0.1) is 17.8 Å². The van der Waals surface area contributed by atoms with Gasteiger partial charge < -0.3 is 42.1 Å². The van der Waals surface area contributed by atoms with E-state index in [0.717, 1.165) is 28.7 Å². The Bertz CT molecular complexity index is 2410. The first-order valence-electron chi connectivity index (χ1n) is 24.2. The van der Waals surface area contributed by atoms with E-state index in [1.54, 1.807) is 20.0 Å². The zero-order valence-corrected chi connectivity index (χ0v) is 41.8. The minimum atomic E-state index is -1.33. The van der Waals surface area contributed by atoms with Crippen LogP contribution in [0.4, 0.5) is 8.78 Å². The Kier molecular flexibility index (Phi) is 21.7. The number of hydrogen-bond acceptors (Lipinski definition) is 11. The first-order chi connectivity index (χ1) is 34.0. The minimum Gasteiger partial charge on any atom is -0.480 e. The monoisotopic (exact) mass is 1010 g/mol. The quantitative estimate of drug-likeness (QED) is 0.0408. The molecule has 5 atom stereocenters. The summed E-state index contributed by atoms with van der Waals surface area (Å²) in [4.78, 5) is 104. The maximum absolute atomic E-state index is 15.1. The van der Waals surface area contributed by atoms with Crippen LogP contribution in [0.1, 0.15) is 116 Å². The Labute approximate surface area is 418 Å². The second kappa shape index (κ2) is 27.1. The molecule has 392 valence electrons. The van der Waals surface area contributed by atoms with Crippen molar-refractivity contribution in [2.75, 3.05) is 26.2 Å². The molecule has 7 amide bonds. The number of carbonyl (C=O) groups excluding carboxylic acids is 7. The highest BCUT2D eigenvalue weighted by molar-refractivity contribution is 6.12. The third-order valence-electron chi connectivity index (χ3n) is 12.1. The molecule has 0 fully saturated rings. The van der Waals surface area contributed by atoms with E-state index in [2.05, 4.69) is 21.3 Å². The van der Waals surface area contributed by atoms with Gasteiger partial charge in [0.25, 0.3) is 11.8 Å². The lowest BCUT2D eigenvalue weighted by Gasteiger charge is -2.40. The number of nitrogens with zero attached hydrogens (tertiary/aromatic N) is 4. The molecule has 1 aromatic heterocycles. The van der Waals surface area contributed by atoms with Crippen LogP contribution in [0, 0.1) is 23.0 Å². The summed E-state index contributed by atoms with van der Waals surface area (Å²) in [7, 11) is 0. The van der Waals surface area contributed by atoms with Gasteiger partial charge in [0, 0.05) is 62.5 Å². The van der Waals surface area contributed by atoms with Crippen LogP contribution >= 0.6 is 0 Å². The smallest absolute Gasteiger partial charge is 0.326 e. The number of aliphatic carboxylic acids is 1. The lowest BCUT2D eigenvalue weighted by Crippen LogP contribution is -2.56. The van der Waals surface area contributed by atoms with Crippen molar-refractivity contribution in [1.82, 2.24) is 40.8 Å². The van der Waals surface area contributed by atoms with Crippen LogP contribution < -0.4 is 27.0 Å². The van der Waals surface area contributed by atoms with Gasteiger partial charge in [-0.1, -0.05) is 71.4 Å². The van der Waals surface area contributed by atoms with E-state index in [4.69, 9.17) is 10.8 Å². The first kappa shape index (κ1) is 57.7. The maximum Gasteiger partial charge on any atom is 0.326 e. The van der Waals surface area contributed by atoms with Gasteiger partial charge in [0.15, 0.2) is 0 Å². The van der Waals surface area contributed by atoms with Gasteiger partial charge in [0.2, 0.25) is 29.5 Å². The lowest BCUT2D eigenvalue weighted by atomic mass is 9.81. The van der Waals surface area contributed by atoms with E-state index in [1.807, 2.05) is 51.1 Å². The number of benzene rings is 2. The Hall–Kier alpha value is -6.87. The molecular formula is C51H69F2N9O10. The second-order valence-electron chi connectivity index (χ2n) is 19.3. The highest BCUT2D eigenvalue weighted by Gasteiger charge is 2.39. The van der Waals surface area contributed by atoms with E-state index < -0.39 is 89.4 Å². The SMILES string of the molecule is CC(NC(=O)C(NC(=O)CCCCCN1C(=O)C=CC1=O)C(C)C)C(=O)NC(CCCCNC(=O)C(N)CCN(C(=O)CO)C(c1nn(-c2cc(F)ccc2F)cc1Cc1ccccc1)C(C)(C)C)C(=O)O. The second-order valence-corrected chi connectivity index (χ2v) is 19.3. The zero-order valence-electron chi connectivity index (χ0n) is 41.8. The van der Waals surface area contributed by atoms with Crippen molar-refractivity contribution >= 4 is 47.3 Å². The molecule has 0 bridgehead atoms. The number of rotatable bonds is 28. The molecule has 21 heteroatoms. The summed E-state index contributed by atoms with van der Waals surface area (Å²) in [5.74, 6) is -6.85. The number of amides is 7. The molecule has 0 aliphatic carbocycles. The van der Waals surface area contributed by atoms with E-state index in [1.165, 1.54) is 28.7 Å². The molecule has 1 aliphatic heterocycles. The number of aromatic nitrogens is 2. The molecule has 0 spiro atoms. The van der Waals surface area contributed by atoms with Gasteiger partial charge in [-0.2, -0.15) is 5.10 Å². The zero-order chi connectivity index (χ0) is 53.3. The Morgan fingerprint density at radius 2 is 1.51 bits per heavy atom. The Balaban J connectivity index is 1.28. The summed E-state index contributed by atoms with van der Waals surface area (Å²) in [6, 6.07) is 6.93. The Morgan fingerprint density at radius 1 is 0.833 bits per heavy atom. The number of carboxylic acid groups (broad SMARTS) is 1. The number of halogens is 2. The van der Waals surface area contributed by atoms with Crippen LogP contribution in [0.15, 0.2) is 66.9 Å². The predicted octanol–water partition coefficient (Wildman–Crippen LogP) is 3.35. The molecule has 3 aromatic rings. The summed E-state index contributed by atoms with van der Waals surface area (Å²) in [5, 5.41) is 35.1. The number of nitrogens with two attached hydrogens (primary N) is 1. The van der Waals surface area contributed by atoms with Gasteiger partial charge in [-0.3, -0.25) is 38.5 Å². The molecule has 0 saturated heterocycles. The van der Waals surface area contributed by atoms with Crippen molar-refractivity contribution in [3.8, 4) is 5.69 Å². The number of carboxylic acids is 1. The maximum atomic E-state index is 15.1. The Morgan fingerprint density at radius 3 is 2.14 bits per heavy atom. The standard InChI is InChI=1S/C51H69F2N9O10/c1-31(2)44(58-40(64)18-11-8-14-25-60-41(65)21-22-42(60)66)49(70)56-32(3)47(68)57-38(50(71)72)17-12-13-24-55-48(69)37(54)23-26-61(43(67)30-63)46(51(4,5)6)45-34(27-33-15-9-7-10-16-33)29-62(59-45)39-28-35(52)19-20-36(39)53/h7,9-10,15-16,19-22,28-29,31-32,37-38,44,46,63H,8,11-14,17-18,23-27,30,54H2,1-6H3,(H,55,69)(H,56,70)(H,57,68)(H,58,64)(H,71,72). The molecule has 19 nitrogen and oxygen atoms in total. The van der Waals surface area contributed by atoms with E-state index in [9.17, 15) is 53.0 Å². The summed E-state index contributed by atoms with van der Waals surface area (Å²) in [6.07, 6.45) is 6.42. The normalized spacial score (nSPS) is 14.6. The molecule has 2 aromatic carbocycles. The van der Waals surface area contributed by atoms with Crippen LogP contribution in [0.25, 0.3) is 5.69 Å². The minimum absolute atomic E-state index is 0.0177. The highest BCUT2D eigenvalue weighted by atomic mass is 19.1. The molecule has 72 heavy (non-hydrogen) atoms. The number of hydrogen-bond donors (Lipinski definition) is 7. The van der Waals surface area contributed by atoms with Crippen LogP contribution in [-0.4, -0.2) is 128 Å². The van der Waals surface area contributed by atoms with Crippen LogP contribution in [0.2, 0.25) is 0 Å². The van der Waals surface area contributed by atoms with Gasteiger partial charge >= 0.3 is 5.97 Å². The van der Waals surface area contributed by atoms with Gasteiger partial charge in [-0.15, -0.1) is 0 Å². The number of carbonyl (C=O) groups is 8. The van der Waals surface area contributed by atoms with Gasteiger partial charge in [-0.25, -0.2) is 18.3 Å². The van der Waals surface area contributed by atoms with Crippen molar-refractivity contribution < 1.29 is 57.4 Å². The topological polar surface area (TPSA) is 275 Å². The molecule has 4 rings (SSSR count). The summed E-state index contributed by atoms with van der Waals surface area (Å²) in [5.41, 5.74) is 7.31. The lowest BCUT2D eigenvalue weighted by molar-refractivity contribution is -0.142. The highest BCUT2D eigenvalue weighted by Crippen LogP contribution is 2.40. The molecule has 8 N–H and O–H groups in total. The largest absolute Gasteiger partial charge is 0.480 e. The summed E-state index contributed by atoms with van der Waals surface area (Å²) < 4.78 is 30.7. The van der Waals surface area contributed by atoms with E-state index in [0.29, 0.717) is 43.4 Å². The first-order valence-corrected chi connectivity index (χ1v) is 24.2. The average Bonchev–Trinajstić information content (AvgIpc) is 3.88. The fourth-order valence-electron chi connectivity index (χ4n) is 8.22. The predicted molar refractivity (Wildman–Crippen MR) is 261 cm³/mol. The third kappa shape index (κ3) is 16.9. The third-order valence-corrected chi connectivity index (χ3v) is 12.1. The van der Waals surface area contributed by atoms with Crippen molar-refractivity contribution in [3.05, 3.63) is 95.3 Å². The molecular weight excluding hydrogens is 937 g/mol. The van der Waals surface area contributed by atoms with E-state index in [-0.39, 0.29) is 68.7 Å². The summed E-state index contributed by atoms with van der Waals surface area (Å²) >= 11 is 0. The van der Waals surface area contributed by atoms with Crippen molar-refractivity contribution in [3.63, 3.8) is 0 Å².